The molecule has 0 saturated carbocycles. The van der Waals surface area contributed by atoms with Gasteiger partial charge in [-0.15, -0.1) is 0 Å². The molecule has 0 aliphatic rings. The van der Waals surface area contributed by atoms with E-state index in [-0.39, 0.29) is 44.4 Å². The summed E-state index contributed by atoms with van der Waals surface area (Å²) in [5.41, 5.74) is 2.14. The number of ether oxygens (including phenoxy) is 2. The number of carboxylic acids is 2. The van der Waals surface area contributed by atoms with E-state index >= 15 is 33.6 Å². The van der Waals surface area contributed by atoms with Crippen molar-refractivity contribution in [1.29, 1.82) is 0 Å². The minimum absolute atomic E-state index is 0.0465. The second kappa shape index (κ2) is 49.3. The van der Waals surface area contributed by atoms with E-state index in [4.69, 9.17) is 24.4 Å². The third kappa shape index (κ3) is 30.2. The number of nitrogens with zero attached hydrogens (tertiary/aromatic N) is 3. The number of ketones is 4. The first-order valence-electron chi connectivity index (χ1n) is 45.5. The maximum atomic E-state index is 15.5. The molecule has 0 bridgehead atoms. The van der Waals surface area contributed by atoms with Crippen LogP contribution >= 0.6 is 11.8 Å². The number of nitrogens with one attached hydrogen (secondary N) is 6. The van der Waals surface area contributed by atoms with Gasteiger partial charge in [-0.2, -0.15) is 24.9 Å². The van der Waals surface area contributed by atoms with E-state index in [1.54, 1.807) is 98.4 Å². The number of alkyl halides is 3. The van der Waals surface area contributed by atoms with Crippen molar-refractivity contribution in [3.63, 3.8) is 0 Å². The fraction of sp³-hybridized carbons (Fsp3) is 0.377. The predicted molar refractivity (Wildman–Crippen MR) is 513 cm³/mol. The van der Waals surface area contributed by atoms with E-state index in [0.717, 1.165) is 16.7 Å². The molecule has 26 nitrogen and oxygen atoms in total. The fourth-order valence-corrected chi connectivity index (χ4v) is 17.1. The maximum absolute atomic E-state index is 15.5. The number of halogens is 4. The van der Waals surface area contributed by atoms with Crippen LogP contribution in [-0.4, -0.2) is 167 Å². The van der Waals surface area contributed by atoms with Crippen molar-refractivity contribution in [2.75, 3.05) is 12.0 Å². The molecule has 137 heavy (non-hydrogen) atoms. The summed E-state index contributed by atoms with van der Waals surface area (Å²) >= 11 is 1.38. The Morgan fingerprint density at radius 2 is 0.934 bits per heavy atom. The molecule has 31 heteroatoms. The zero-order chi connectivity index (χ0) is 100. The lowest BCUT2D eigenvalue weighted by Crippen LogP contribution is -2.52. The second-order valence-corrected chi connectivity index (χ2v) is 37.4. The average Bonchev–Trinajstić information content (AvgIpc) is 1.73. The molecule has 0 aliphatic heterocycles. The number of fused-ring (bicyclic) bond motifs is 1. The first-order chi connectivity index (χ1) is 64.9. The predicted octanol–water partition coefficient (Wildman–Crippen LogP) is 15.8. The topological polar surface area (TPSA) is 376 Å². The van der Waals surface area contributed by atoms with Gasteiger partial charge in [-0.3, -0.25) is 52.5 Å². The summed E-state index contributed by atoms with van der Waals surface area (Å²) in [7, 11) is 0. The number of Topliss-reactive ketones (excluding diaryl/α,β-unsaturated/α-hetero) is 4. The second-order valence-electron chi connectivity index (χ2n) is 36.4. The van der Waals surface area contributed by atoms with Crippen molar-refractivity contribution in [2.45, 2.75) is 218 Å². The molecule has 8 aromatic carbocycles. The minimum Gasteiger partial charge on any atom is -0.480 e. The van der Waals surface area contributed by atoms with Crippen molar-refractivity contribution >= 4 is 99.3 Å². The third-order valence-corrected chi connectivity index (χ3v) is 23.7. The number of imidazole rings is 1. The Labute approximate surface area is 799 Å². The first-order valence-corrected chi connectivity index (χ1v) is 46.9. The Kier molecular flexibility index (Phi) is 38.5. The number of aromatic nitrogens is 3. The molecule has 6 amide bonds. The van der Waals surface area contributed by atoms with Gasteiger partial charge in [0, 0.05) is 86.9 Å². The summed E-state index contributed by atoms with van der Waals surface area (Å²) in [4.78, 5) is 190. The van der Waals surface area contributed by atoms with E-state index in [1.807, 2.05) is 200 Å². The van der Waals surface area contributed by atoms with E-state index in [2.05, 4.69) is 31.9 Å². The smallest absolute Gasteiger partial charge is 0.480 e. The van der Waals surface area contributed by atoms with Crippen LogP contribution in [0.4, 0.5) is 22.4 Å². The van der Waals surface area contributed by atoms with E-state index in [1.165, 1.54) is 53.7 Å². The molecular formula is C106H121F4N9O17S. The minimum atomic E-state index is -5.08. The molecule has 10 aromatic rings. The van der Waals surface area contributed by atoms with Gasteiger partial charge in [-0.25, -0.2) is 23.8 Å². The van der Waals surface area contributed by atoms with Crippen LogP contribution in [-0.2, 0) is 97.3 Å². The van der Waals surface area contributed by atoms with Gasteiger partial charge in [0.05, 0.1) is 53.8 Å². The highest BCUT2D eigenvalue weighted by atomic mass is 32.2. The summed E-state index contributed by atoms with van der Waals surface area (Å²) in [5.74, 6) is -15.0. The maximum Gasteiger partial charge on any atom is 0.490 e. The summed E-state index contributed by atoms with van der Waals surface area (Å²) in [5, 5.41) is 35.2. The van der Waals surface area contributed by atoms with Gasteiger partial charge in [0.1, 0.15) is 34.6 Å². The lowest BCUT2D eigenvalue weighted by Gasteiger charge is -2.37. The molecular weight excluding hydrogens is 1780 g/mol. The molecule has 0 spiro atoms. The van der Waals surface area contributed by atoms with Gasteiger partial charge >= 0.3 is 24.2 Å². The summed E-state index contributed by atoms with van der Waals surface area (Å²) in [6, 6.07) is 62.4. The van der Waals surface area contributed by atoms with Crippen LogP contribution in [0, 0.1) is 29.5 Å². The quantitative estimate of drug-likeness (QED) is 0.0130. The zero-order valence-electron chi connectivity index (χ0n) is 78.9. The molecule has 0 saturated heterocycles. The van der Waals surface area contributed by atoms with E-state index in [9.17, 15) is 46.6 Å². The number of hydrogen-bond donors (Lipinski definition) is 8. The molecule has 2 heterocycles. The highest BCUT2D eigenvalue weighted by Crippen LogP contribution is 2.42. The van der Waals surface area contributed by atoms with Crippen LogP contribution in [0.3, 0.4) is 0 Å². The summed E-state index contributed by atoms with van der Waals surface area (Å²) < 4.78 is 61.6. The molecule has 0 radical (unpaired) electrons. The number of hydrogen-bond acceptors (Lipinski definition) is 17. The van der Waals surface area contributed by atoms with Crippen molar-refractivity contribution in [3.05, 3.63) is 305 Å². The highest BCUT2D eigenvalue weighted by molar-refractivity contribution is 7.98. The Balaban J connectivity index is 0.00000289. The number of amides is 6. The van der Waals surface area contributed by atoms with Crippen molar-refractivity contribution in [2.24, 2.45) is 23.7 Å². The number of thioether (sulfide) groups is 1. The van der Waals surface area contributed by atoms with Crippen LogP contribution in [0.15, 0.2) is 249 Å². The van der Waals surface area contributed by atoms with Crippen molar-refractivity contribution in [3.8, 4) is 0 Å². The standard InChI is InChI=1S/C104H120FN9O15S.C2HF3O2/c1-13-92(119)107-86(63-94(121)112-103(74-34-20-14-21-35-74,75-36-22-15-23-37-75)76-38-24-16-25-39-76)91(118)60-71(56-67(2)3)97(123)110-84(59-73-64-114(100(127)129-102(9,10)11)87-47-33-32-46-82(73)87)89(116)57-68(4)96(122)111-95(69(5)128-101(6,7)8)88(115)52-53-93(120)108-85(90(117)61-72(58-70-48-50-80(105)51-49-70)98(124)109-83(99(125)126)54-55-130-12)62-81-65-113(66-106-81)104(77-40-26-17-27-41-77,78-42-28-18-29-43-78)79-44-30-19-31-45-79;3-2(4,5)1(6)7/h14-51,64-69,71-72,83-86,95H,13,52-63H2,1-12H3,(H,107,119)(H,108,120)(H,109,124)(H,110,123)(H,111,122)(H,112,121)(H,125,126);(H,6,7)/t68-,69-,71-,72-,83+,84+,85+,86+,95+;/m1./s1. The Morgan fingerprint density at radius 3 is 1.42 bits per heavy atom. The fourth-order valence-electron chi connectivity index (χ4n) is 16.6. The largest absolute Gasteiger partial charge is 0.490 e. The Morgan fingerprint density at radius 1 is 0.474 bits per heavy atom. The number of rotatable bonds is 46. The molecule has 0 aliphatic carbocycles. The van der Waals surface area contributed by atoms with Crippen LogP contribution in [0.5, 0.6) is 0 Å². The number of para-hydroxylation sites is 1. The van der Waals surface area contributed by atoms with Gasteiger partial charge in [0.2, 0.25) is 35.4 Å². The number of aliphatic carboxylic acids is 2. The molecule has 0 unspecified atom stereocenters. The highest BCUT2D eigenvalue weighted by Gasteiger charge is 2.44. The normalized spacial score (nSPS) is 13.8. The van der Waals surface area contributed by atoms with Gasteiger partial charge in [0.15, 0.2) is 23.1 Å². The van der Waals surface area contributed by atoms with Gasteiger partial charge in [0.25, 0.3) is 0 Å². The molecule has 9 atom stereocenters. The van der Waals surface area contributed by atoms with Crippen LogP contribution in [0.2, 0.25) is 0 Å². The monoisotopic (exact) mass is 1900 g/mol. The lowest BCUT2D eigenvalue weighted by molar-refractivity contribution is -0.192. The number of carbonyl (C=O) groups is 13. The molecule has 2 aromatic heterocycles. The lowest BCUT2D eigenvalue weighted by atomic mass is 9.76. The summed E-state index contributed by atoms with van der Waals surface area (Å²) in [6.45, 7) is 18.7. The molecule has 0 fully saturated rings. The average molecular weight is 1900 g/mol. The Hall–Kier alpha value is -13.6. The van der Waals surface area contributed by atoms with Crippen molar-refractivity contribution in [1.82, 2.24) is 46.0 Å². The molecule has 726 valence electrons. The number of carboxylic acid groups (broad SMARTS) is 2. The van der Waals surface area contributed by atoms with E-state index in [0.29, 0.717) is 50.2 Å². The number of benzene rings is 8. The number of carbonyl (C=O) groups excluding carboxylic acids is 11. The van der Waals surface area contributed by atoms with Crippen LogP contribution in [0.1, 0.15) is 184 Å². The SMILES string of the molecule is CCC(=O)N[C@@H](CC(=O)NC(c1ccccc1)(c1ccccc1)c1ccccc1)C(=O)C[C@@H](CC(C)C)C(=O)N[C@@H](Cc1cn(C(=O)OC(C)(C)C)c2ccccc12)C(=O)C[C@@H](C)C(=O)N[C@H](C(=O)CCC(=O)N[C@@H](Cc1cn(C(c2ccccc2)(c2ccccc2)c2ccccc2)cn1)C(=O)C[C@@H](Cc1ccc(F)cc1)C(=O)N[C@@H](CCSC)C(=O)O)[C@@H](C)OC(C)(C)C.O=C(O)C(F)(F)F. The van der Waals surface area contributed by atoms with Gasteiger partial charge in [-0.05, 0) is 148 Å². The van der Waals surface area contributed by atoms with Gasteiger partial charge in [-0.1, -0.05) is 240 Å². The summed E-state index contributed by atoms with van der Waals surface area (Å²) in [6.07, 6.45) is -3.99. The van der Waals surface area contributed by atoms with Crippen LogP contribution in [0.25, 0.3) is 10.9 Å². The van der Waals surface area contributed by atoms with Crippen LogP contribution < -0.4 is 31.9 Å². The Bertz CT molecular complexity index is 5580. The molecule has 10 rings (SSSR count). The van der Waals surface area contributed by atoms with Gasteiger partial charge < -0.3 is 56.2 Å². The van der Waals surface area contributed by atoms with E-state index < -0.39 is 203 Å². The molecule has 8 N–H and O–H groups in total. The first kappa shape index (κ1) is 107. The third-order valence-electron chi connectivity index (χ3n) is 23.1. The zero-order valence-corrected chi connectivity index (χ0v) is 79.7. The van der Waals surface area contributed by atoms with Crippen molar-refractivity contribution < 1.29 is 99.6 Å².